The zero-order valence-electron chi connectivity index (χ0n) is 16.3. The van der Waals surface area contributed by atoms with Crippen LogP contribution < -0.4 is 5.32 Å². The van der Waals surface area contributed by atoms with Gasteiger partial charge in [-0.15, -0.1) is 0 Å². The Labute approximate surface area is 172 Å². The quantitative estimate of drug-likeness (QED) is 0.545. The number of rotatable bonds is 3. The summed E-state index contributed by atoms with van der Waals surface area (Å²) >= 11 is 0. The summed E-state index contributed by atoms with van der Waals surface area (Å²) in [5, 5.41) is 4.05. The maximum Gasteiger partial charge on any atom is 0.230 e. The largest absolute Gasteiger partial charge is 0.294 e. The number of carbonyl (C=O) groups is 1. The Bertz CT molecular complexity index is 1270. The lowest BCUT2D eigenvalue weighted by Crippen LogP contribution is -2.21. The molecule has 5 rings (SSSR count). The highest BCUT2D eigenvalue weighted by molar-refractivity contribution is 5.98. The summed E-state index contributed by atoms with van der Waals surface area (Å²) in [6.45, 7) is 1.93. The second kappa shape index (κ2) is 7.26. The first-order valence-electron chi connectivity index (χ1n) is 9.72. The van der Waals surface area contributed by atoms with E-state index in [0.29, 0.717) is 36.0 Å². The minimum Gasteiger partial charge on any atom is -0.294 e. The Morgan fingerprint density at radius 2 is 1.77 bits per heavy atom. The van der Waals surface area contributed by atoms with E-state index in [2.05, 4.69) is 25.3 Å². The van der Waals surface area contributed by atoms with E-state index < -0.39 is 0 Å². The van der Waals surface area contributed by atoms with Crippen LogP contribution >= 0.6 is 0 Å². The average Bonchev–Trinajstić information content (AvgIpc) is 2.74. The Kier molecular flexibility index (Phi) is 4.43. The lowest BCUT2D eigenvalue weighted by Gasteiger charge is -2.23. The monoisotopic (exact) mass is 399 g/mol. The summed E-state index contributed by atoms with van der Waals surface area (Å²) in [4.78, 5) is 30.5. The fraction of sp³-hybridized carbons (Fsp3) is 0.174. The number of nitrogens with one attached hydrogen (secondary N) is 1. The topological polar surface area (TPSA) is 80.7 Å². The van der Waals surface area contributed by atoms with Crippen molar-refractivity contribution >= 4 is 28.6 Å². The van der Waals surface area contributed by atoms with Crippen LogP contribution in [-0.4, -0.2) is 25.7 Å². The van der Waals surface area contributed by atoms with E-state index in [4.69, 9.17) is 0 Å². The van der Waals surface area contributed by atoms with Crippen molar-refractivity contribution in [2.45, 2.75) is 25.7 Å². The van der Waals surface area contributed by atoms with Crippen molar-refractivity contribution in [3.05, 3.63) is 83.1 Å². The average molecular weight is 399 g/mol. The minimum absolute atomic E-state index is 0.00470. The van der Waals surface area contributed by atoms with Crippen LogP contribution in [0, 0.1) is 12.7 Å². The number of aryl methyl sites for hydroxylation is 1. The molecule has 0 saturated heterocycles. The predicted molar refractivity (Wildman–Crippen MR) is 111 cm³/mol. The van der Waals surface area contributed by atoms with Gasteiger partial charge in [-0.2, -0.15) is 0 Å². The molecule has 2 aromatic heterocycles. The highest BCUT2D eigenvalue weighted by atomic mass is 19.1. The number of para-hydroxylation sites is 1. The molecule has 0 saturated carbocycles. The Balaban J connectivity index is 1.45. The molecule has 1 N–H and O–H groups in total. The smallest absolute Gasteiger partial charge is 0.230 e. The van der Waals surface area contributed by atoms with Crippen LogP contribution in [0.3, 0.4) is 0 Å². The highest BCUT2D eigenvalue weighted by Gasteiger charge is 2.28. The van der Waals surface area contributed by atoms with Crippen LogP contribution in [0.4, 0.5) is 16.3 Å². The molecule has 0 amide bonds. The third kappa shape index (κ3) is 3.39. The molecule has 0 unspecified atom stereocenters. The van der Waals surface area contributed by atoms with Crippen molar-refractivity contribution in [2.24, 2.45) is 0 Å². The Hall–Kier alpha value is -3.74. The summed E-state index contributed by atoms with van der Waals surface area (Å²) in [5.41, 5.74) is 3.83. The van der Waals surface area contributed by atoms with Gasteiger partial charge in [0.05, 0.1) is 22.5 Å². The number of anilines is 2. The lowest BCUT2D eigenvalue weighted by atomic mass is 9.82. The molecule has 148 valence electrons. The zero-order valence-corrected chi connectivity index (χ0v) is 16.3. The molecule has 0 aliphatic heterocycles. The normalized spacial score (nSPS) is 15.8. The highest BCUT2D eigenvalue weighted by Crippen LogP contribution is 2.32. The van der Waals surface area contributed by atoms with E-state index in [1.165, 1.54) is 12.1 Å². The molecule has 0 radical (unpaired) electrons. The van der Waals surface area contributed by atoms with Gasteiger partial charge in [0.25, 0.3) is 0 Å². The van der Waals surface area contributed by atoms with Crippen LogP contribution in [0.1, 0.15) is 39.6 Å². The van der Waals surface area contributed by atoms with Crippen molar-refractivity contribution in [1.82, 2.24) is 19.9 Å². The van der Waals surface area contributed by atoms with Crippen molar-refractivity contribution in [2.75, 3.05) is 5.32 Å². The molecular formula is C23H18FN5O. The van der Waals surface area contributed by atoms with Gasteiger partial charge in [0.2, 0.25) is 11.9 Å². The number of Topliss-reactive ketones (excluding diaryl/α,β-unsaturated/α-hetero) is 1. The van der Waals surface area contributed by atoms with Crippen LogP contribution in [0.5, 0.6) is 0 Å². The van der Waals surface area contributed by atoms with Crippen LogP contribution in [-0.2, 0) is 6.42 Å². The van der Waals surface area contributed by atoms with Gasteiger partial charge >= 0.3 is 0 Å². The maximum absolute atomic E-state index is 13.2. The predicted octanol–water partition coefficient (Wildman–Crippen LogP) is 4.52. The number of hydrogen-bond donors (Lipinski definition) is 1. The molecule has 0 bridgehead atoms. The van der Waals surface area contributed by atoms with Crippen LogP contribution in [0.25, 0.3) is 10.9 Å². The van der Waals surface area contributed by atoms with Gasteiger partial charge in [-0.05, 0) is 43.0 Å². The summed E-state index contributed by atoms with van der Waals surface area (Å²) in [7, 11) is 0. The molecule has 1 atom stereocenters. The first kappa shape index (κ1) is 18.3. The molecule has 4 aromatic rings. The minimum atomic E-state index is -0.291. The van der Waals surface area contributed by atoms with Gasteiger partial charge in [-0.3, -0.25) is 10.1 Å². The first-order chi connectivity index (χ1) is 14.6. The number of ketones is 1. The van der Waals surface area contributed by atoms with Crippen molar-refractivity contribution in [3.63, 3.8) is 0 Å². The van der Waals surface area contributed by atoms with Crippen LogP contribution in [0.2, 0.25) is 0 Å². The molecule has 7 heteroatoms. The third-order valence-electron chi connectivity index (χ3n) is 5.40. The fourth-order valence-corrected chi connectivity index (χ4v) is 3.87. The van der Waals surface area contributed by atoms with Crippen molar-refractivity contribution in [3.8, 4) is 0 Å². The molecular weight excluding hydrogens is 381 g/mol. The molecule has 30 heavy (non-hydrogen) atoms. The molecule has 6 nitrogen and oxygen atoms in total. The van der Waals surface area contributed by atoms with Gasteiger partial charge in [0.15, 0.2) is 5.78 Å². The summed E-state index contributed by atoms with van der Waals surface area (Å²) in [5.74, 6) is 0.419. The molecule has 2 aromatic carbocycles. The van der Waals surface area contributed by atoms with E-state index in [-0.39, 0.29) is 17.5 Å². The van der Waals surface area contributed by atoms with Crippen LogP contribution in [0.15, 0.2) is 54.7 Å². The maximum atomic E-state index is 13.2. The summed E-state index contributed by atoms with van der Waals surface area (Å²) in [6, 6.07) is 14.1. The summed E-state index contributed by atoms with van der Waals surface area (Å²) in [6.07, 6.45) is 2.51. The molecule has 0 spiro atoms. The number of hydrogen-bond acceptors (Lipinski definition) is 6. The van der Waals surface area contributed by atoms with Gasteiger partial charge in [0.1, 0.15) is 5.82 Å². The number of fused-ring (bicyclic) bond motifs is 2. The first-order valence-corrected chi connectivity index (χ1v) is 9.72. The van der Waals surface area contributed by atoms with Gasteiger partial charge in [0, 0.05) is 18.0 Å². The molecule has 1 aliphatic carbocycles. The van der Waals surface area contributed by atoms with Crippen molar-refractivity contribution in [1.29, 1.82) is 0 Å². The molecule has 1 aliphatic rings. The van der Waals surface area contributed by atoms with Gasteiger partial charge in [-0.1, -0.05) is 30.3 Å². The lowest BCUT2D eigenvalue weighted by molar-refractivity contribution is 0.0962. The Morgan fingerprint density at radius 1 is 0.967 bits per heavy atom. The zero-order chi connectivity index (χ0) is 20.7. The Morgan fingerprint density at radius 3 is 2.60 bits per heavy atom. The number of nitrogens with zero attached hydrogens (tertiary/aromatic N) is 4. The van der Waals surface area contributed by atoms with Gasteiger partial charge in [-0.25, -0.2) is 24.3 Å². The second-order valence-electron chi connectivity index (χ2n) is 7.41. The van der Waals surface area contributed by atoms with E-state index in [0.717, 1.165) is 22.2 Å². The van der Waals surface area contributed by atoms with E-state index >= 15 is 0 Å². The van der Waals surface area contributed by atoms with E-state index in [1.54, 1.807) is 18.3 Å². The third-order valence-corrected chi connectivity index (χ3v) is 5.40. The van der Waals surface area contributed by atoms with E-state index in [9.17, 15) is 9.18 Å². The standard InChI is InChI=1S/C23H18FN5O/c1-13-17-4-2-3-5-19(17)27-23(26-13)29-22-25-12-18-20(28-22)10-15(11-21(18)30)14-6-8-16(24)9-7-14/h2-9,12,15H,10-11H2,1H3,(H,25,26,27,28,29)/t15-/m1/s1. The number of benzene rings is 2. The van der Waals surface area contributed by atoms with E-state index in [1.807, 2.05) is 31.2 Å². The number of halogens is 1. The SMILES string of the molecule is Cc1nc(Nc2ncc3c(n2)C[C@@H](c2ccc(F)cc2)CC3=O)nc2ccccc12. The second-order valence-corrected chi connectivity index (χ2v) is 7.41. The molecule has 0 fully saturated rings. The molecule has 2 heterocycles. The number of carbonyl (C=O) groups excluding carboxylic acids is 1. The summed E-state index contributed by atoms with van der Waals surface area (Å²) < 4.78 is 13.2. The fourth-order valence-electron chi connectivity index (χ4n) is 3.87. The number of aromatic nitrogens is 4. The van der Waals surface area contributed by atoms with Crippen molar-refractivity contribution < 1.29 is 9.18 Å². The van der Waals surface area contributed by atoms with Gasteiger partial charge < -0.3 is 0 Å².